The Morgan fingerprint density at radius 3 is 2.65 bits per heavy atom. The molecule has 0 bridgehead atoms. The maximum atomic E-state index is 12.1. The fourth-order valence-electron chi connectivity index (χ4n) is 3.71. The molecule has 0 spiro atoms. The Hall–Kier alpha value is -3.44. The van der Waals surface area contributed by atoms with Gasteiger partial charge in [0.15, 0.2) is 11.5 Å². The minimum absolute atomic E-state index is 0.135. The van der Waals surface area contributed by atoms with Gasteiger partial charge in [0.05, 0.1) is 45.2 Å². The lowest BCUT2D eigenvalue weighted by molar-refractivity contribution is -0.140. The maximum Gasteiger partial charge on any atom is 0.307 e. The first-order valence-corrected chi connectivity index (χ1v) is 10.5. The van der Waals surface area contributed by atoms with Crippen LogP contribution in [-0.2, 0) is 16.0 Å². The number of nitrogens with zero attached hydrogens (tertiary/aromatic N) is 1. The summed E-state index contributed by atoms with van der Waals surface area (Å²) < 4.78 is 16.6. The molecule has 0 N–H and O–H groups in total. The van der Waals surface area contributed by atoms with E-state index in [9.17, 15) is 4.79 Å². The molecular formula is C26H27NO4. The van der Waals surface area contributed by atoms with E-state index < -0.39 is 0 Å². The van der Waals surface area contributed by atoms with E-state index in [1.807, 2.05) is 42.5 Å². The Labute approximate surface area is 183 Å². The Morgan fingerprint density at radius 2 is 1.94 bits per heavy atom. The number of hydrogen-bond acceptors (Lipinski definition) is 5. The molecule has 0 aliphatic heterocycles. The maximum absolute atomic E-state index is 12.1. The summed E-state index contributed by atoms with van der Waals surface area (Å²) in [6.07, 6.45) is 5.09. The Bertz CT molecular complexity index is 1010. The smallest absolute Gasteiger partial charge is 0.307 e. The number of rotatable bonds is 7. The zero-order valence-corrected chi connectivity index (χ0v) is 18.0. The molecule has 1 aliphatic rings. The van der Waals surface area contributed by atoms with Crippen molar-refractivity contribution >= 4 is 5.97 Å². The molecule has 0 unspecified atom stereocenters. The van der Waals surface area contributed by atoms with Crippen LogP contribution in [0.3, 0.4) is 0 Å². The minimum atomic E-state index is -0.357. The van der Waals surface area contributed by atoms with Crippen LogP contribution in [0.1, 0.15) is 54.7 Å². The zero-order valence-electron chi connectivity index (χ0n) is 18.0. The van der Waals surface area contributed by atoms with E-state index in [4.69, 9.17) is 19.5 Å². The number of nitriles is 1. The van der Waals surface area contributed by atoms with Gasteiger partial charge in [-0.3, -0.25) is 4.79 Å². The van der Waals surface area contributed by atoms with Gasteiger partial charge in [0.2, 0.25) is 0 Å². The average molecular weight is 418 g/mol. The molecule has 1 atom stereocenters. The number of hydrogen-bond donors (Lipinski definition) is 0. The van der Waals surface area contributed by atoms with Crippen molar-refractivity contribution in [3.05, 3.63) is 59.2 Å². The van der Waals surface area contributed by atoms with Gasteiger partial charge in [-0.05, 0) is 61.1 Å². The van der Waals surface area contributed by atoms with Crippen molar-refractivity contribution in [3.63, 3.8) is 0 Å². The summed E-state index contributed by atoms with van der Waals surface area (Å²) in [5, 5.41) is 8.91. The van der Waals surface area contributed by atoms with E-state index in [-0.39, 0.29) is 24.4 Å². The van der Waals surface area contributed by atoms with Crippen LogP contribution in [-0.4, -0.2) is 26.3 Å². The molecule has 1 saturated carbocycles. The highest BCUT2D eigenvalue weighted by Crippen LogP contribution is 2.35. The van der Waals surface area contributed by atoms with Crippen molar-refractivity contribution in [2.24, 2.45) is 0 Å². The van der Waals surface area contributed by atoms with Crippen LogP contribution >= 0.6 is 0 Å². The van der Waals surface area contributed by atoms with Crippen LogP contribution in [0, 0.1) is 23.2 Å². The third-order valence-electron chi connectivity index (χ3n) is 5.39. The lowest BCUT2D eigenvalue weighted by Crippen LogP contribution is -2.12. The molecule has 0 saturated heterocycles. The fourth-order valence-corrected chi connectivity index (χ4v) is 3.71. The van der Waals surface area contributed by atoms with Gasteiger partial charge in [-0.15, -0.1) is 0 Å². The Balaban J connectivity index is 1.90. The Kier molecular flexibility index (Phi) is 7.96. The summed E-state index contributed by atoms with van der Waals surface area (Å²) in [5.41, 5.74) is 2.59. The summed E-state index contributed by atoms with van der Waals surface area (Å²) >= 11 is 0. The quantitative estimate of drug-likeness (QED) is 0.479. The molecule has 0 radical (unpaired) electrons. The molecule has 0 heterocycles. The lowest BCUT2D eigenvalue weighted by Gasteiger charge is -2.18. The monoisotopic (exact) mass is 417 g/mol. The number of esters is 1. The van der Waals surface area contributed by atoms with E-state index in [1.165, 1.54) is 20.0 Å². The van der Waals surface area contributed by atoms with Crippen LogP contribution < -0.4 is 9.47 Å². The zero-order chi connectivity index (χ0) is 22.1. The third kappa shape index (κ3) is 6.27. The van der Waals surface area contributed by atoms with E-state index in [0.29, 0.717) is 17.9 Å². The van der Waals surface area contributed by atoms with E-state index in [0.717, 1.165) is 29.5 Å². The molecule has 1 aliphatic carbocycles. The molecule has 31 heavy (non-hydrogen) atoms. The first-order chi connectivity index (χ1) is 15.1. The van der Waals surface area contributed by atoms with Gasteiger partial charge >= 0.3 is 5.97 Å². The molecule has 160 valence electrons. The largest absolute Gasteiger partial charge is 0.493 e. The van der Waals surface area contributed by atoms with Crippen molar-refractivity contribution < 1.29 is 19.0 Å². The second-order valence-corrected chi connectivity index (χ2v) is 7.57. The lowest BCUT2D eigenvalue weighted by atomic mass is 9.95. The predicted octanol–water partition coefficient (Wildman–Crippen LogP) is 4.78. The summed E-state index contributed by atoms with van der Waals surface area (Å²) in [5.74, 6) is 7.03. The van der Waals surface area contributed by atoms with Crippen LogP contribution in [0.25, 0.3) is 0 Å². The summed E-state index contributed by atoms with van der Waals surface area (Å²) in [7, 11) is 3.00. The van der Waals surface area contributed by atoms with Crippen molar-refractivity contribution in [3.8, 4) is 29.4 Å². The van der Waals surface area contributed by atoms with Gasteiger partial charge in [-0.1, -0.05) is 30.0 Å². The molecule has 1 fully saturated rings. The van der Waals surface area contributed by atoms with Crippen molar-refractivity contribution in [2.75, 3.05) is 14.2 Å². The highest BCUT2D eigenvalue weighted by molar-refractivity contribution is 5.71. The number of carbonyl (C=O) groups is 1. The first-order valence-electron chi connectivity index (χ1n) is 10.5. The van der Waals surface area contributed by atoms with Crippen LogP contribution in [0.2, 0.25) is 0 Å². The van der Waals surface area contributed by atoms with Gasteiger partial charge in [-0.25, -0.2) is 0 Å². The SMILES string of the molecule is COC(=O)C[C@H](C#Cc1cccc(CC#N)c1)c1ccc(OC)c(OC2CCCC2)c1. The van der Waals surface area contributed by atoms with Gasteiger partial charge in [0.1, 0.15) is 0 Å². The molecule has 2 aromatic carbocycles. The van der Waals surface area contributed by atoms with Crippen LogP contribution in [0.5, 0.6) is 11.5 Å². The molecular weight excluding hydrogens is 390 g/mol. The molecule has 2 aromatic rings. The van der Waals surface area contributed by atoms with Gasteiger partial charge in [-0.2, -0.15) is 5.26 Å². The number of benzene rings is 2. The van der Waals surface area contributed by atoms with Gasteiger partial charge in [0.25, 0.3) is 0 Å². The number of methoxy groups -OCH3 is 2. The molecule has 0 aromatic heterocycles. The third-order valence-corrected chi connectivity index (χ3v) is 5.39. The van der Waals surface area contributed by atoms with Crippen molar-refractivity contribution in [2.45, 2.75) is 50.5 Å². The molecule has 3 rings (SSSR count). The molecule has 0 amide bonds. The summed E-state index contributed by atoms with van der Waals surface area (Å²) in [4.78, 5) is 12.1. The highest BCUT2D eigenvalue weighted by Gasteiger charge is 2.21. The number of carbonyl (C=O) groups excluding carboxylic acids is 1. The normalized spacial score (nSPS) is 14.1. The standard InChI is InChI=1S/C26H27NO4/c1-29-24-13-12-21(17-25(24)31-23-8-3-4-9-23)22(18-26(28)30-2)11-10-19-6-5-7-20(16-19)14-15-27/h5-7,12-13,16-17,22-23H,3-4,8-9,14,18H2,1-2H3/t22-/m0/s1. The highest BCUT2D eigenvalue weighted by atomic mass is 16.5. The second-order valence-electron chi connectivity index (χ2n) is 7.57. The summed E-state index contributed by atoms with van der Waals surface area (Å²) in [6, 6.07) is 15.4. The van der Waals surface area contributed by atoms with Gasteiger partial charge in [0, 0.05) is 5.56 Å². The first kappa shape index (κ1) is 22.2. The Morgan fingerprint density at radius 1 is 1.13 bits per heavy atom. The topological polar surface area (TPSA) is 68.6 Å². The fraction of sp³-hybridized carbons (Fsp3) is 0.385. The van der Waals surface area contributed by atoms with Crippen LogP contribution in [0.4, 0.5) is 0 Å². The molecule has 5 heteroatoms. The average Bonchev–Trinajstić information content (AvgIpc) is 3.30. The van der Waals surface area contributed by atoms with E-state index in [2.05, 4.69) is 17.9 Å². The minimum Gasteiger partial charge on any atom is -0.493 e. The molecule has 5 nitrogen and oxygen atoms in total. The van der Waals surface area contributed by atoms with Crippen LogP contribution in [0.15, 0.2) is 42.5 Å². The second kappa shape index (κ2) is 11.1. The van der Waals surface area contributed by atoms with E-state index in [1.54, 1.807) is 7.11 Å². The summed E-state index contributed by atoms with van der Waals surface area (Å²) in [6.45, 7) is 0. The predicted molar refractivity (Wildman–Crippen MR) is 118 cm³/mol. The van der Waals surface area contributed by atoms with E-state index >= 15 is 0 Å². The van der Waals surface area contributed by atoms with Crippen molar-refractivity contribution in [1.82, 2.24) is 0 Å². The number of ether oxygens (including phenoxy) is 3. The van der Waals surface area contributed by atoms with Crippen molar-refractivity contribution in [1.29, 1.82) is 5.26 Å². The van der Waals surface area contributed by atoms with Gasteiger partial charge < -0.3 is 14.2 Å².